The van der Waals surface area contributed by atoms with Crippen LogP contribution in [0.3, 0.4) is 0 Å². The minimum atomic E-state index is -0.105. The fourth-order valence-corrected chi connectivity index (χ4v) is 1.53. The molecule has 14 heavy (non-hydrogen) atoms. The van der Waals surface area contributed by atoms with Gasteiger partial charge in [0.1, 0.15) is 0 Å². The maximum absolute atomic E-state index is 11.6. The Morgan fingerprint density at radius 2 is 2.00 bits per heavy atom. The highest BCUT2D eigenvalue weighted by Gasteiger charge is 2.33. The van der Waals surface area contributed by atoms with Gasteiger partial charge in [-0.25, -0.2) is 0 Å². The van der Waals surface area contributed by atoms with Crippen LogP contribution in [0.25, 0.3) is 0 Å². The van der Waals surface area contributed by atoms with Gasteiger partial charge in [-0.1, -0.05) is 20.8 Å². The maximum atomic E-state index is 11.6. The molecule has 3 nitrogen and oxygen atoms in total. The van der Waals surface area contributed by atoms with Crippen molar-refractivity contribution in [3.05, 3.63) is 0 Å². The van der Waals surface area contributed by atoms with E-state index in [2.05, 4.69) is 19.2 Å². The second kappa shape index (κ2) is 4.30. The average Bonchev–Trinajstić information content (AvgIpc) is 2.09. The summed E-state index contributed by atoms with van der Waals surface area (Å²) in [5, 5.41) is 2.94. The first kappa shape index (κ1) is 11.5. The molecule has 0 heterocycles. The molecule has 0 spiro atoms. The van der Waals surface area contributed by atoms with Gasteiger partial charge >= 0.3 is 0 Å². The Bertz CT molecular complexity index is 209. The van der Waals surface area contributed by atoms with Gasteiger partial charge in [-0.3, -0.25) is 4.79 Å². The summed E-state index contributed by atoms with van der Waals surface area (Å²) in [5.41, 5.74) is 5.91. The van der Waals surface area contributed by atoms with Crippen LogP contribution in [-0.2, 0) is 4.79 Å². The molecule has 0 aromatic carbocycles. The summed E-state index contributed by atoms with van der Waals surface area (Å²) < 4.78 is 0. The van der Waals surface area contributed by atoms with Crippen molar-refractivity contribution >= 4 is 5.91 Å². The van der Waals surface area contributed by atoms with Crippen LogP contribution in [0.15, 0.2) is 0 Å². The summed E-state index contributed by atoms with van der Waals surface area (Å²) in [7, 11) is 0. The zero-order valence-electron chi connectivity index (χ0n) is 9.47. The quantitative estimate of drug-likeness (QED) is 0.715. The van der Waals surface area contributed by atoms with Gasteiger partial charge in [0.2, 0.25) is 5.91 Å². The molecule has 3 N–H and O–H groups in total. The number of carbonyl (C=O) groups is 1. The normalized spacial score (nSPS) is 21.5. The van der Waals surface area contributed by atoms with E-state index in [1.54, 1.807) is 0 Å². The predicted octanol–water partition coefficient (Wildman–Crippen LogP) is 1.28. The number of nitrogens with one attached hydrogen (secondary N) is 1. The van der Waals surface area contributed by atoms with Crippen LogP contribution >= 0.6 is 0 Å². The standard InChI is InChI=1S/C11H22N2O/c1-8(2)9(3)10(14)13-7-11(12)5-4-6-11/h8-9H,4-7,12H2,1-3H3,(H,13,14). The molecule has 3 heteroatoms. The van der Waals surface area contributed by atoms with Crippen LogP contribution in [0.4, 0.5) is 0 Å². The van der Waals surface area contributed by atoms with Crippen molar-refractivity contribution < 1.29 is 4.79 Å². The third-order valence-electron chi connectivity index (χ3n) is 3.38. The summed E-state index contributed by atoms with van der Waals surface area (Å²) in [6.45, 7) is 6.73. The molecule has 0 saturated heterocycles. The van der Waals surface area contributed by atoms with Crippen molar-refractivity contribution in [1.82, 2.24) is 5.32 Å². The number of nitrogens with two attached hydrogens (primary N) is 1. The van der Waals surface area contributed by atoms with E-state index < -0.39 is 0 Å². The lowest BCUT2D eigenvalue weighted by atomic mass is 9.77. The van der Waals surface area contributed by atoms with E-state index in [0.717, 1.165) is 12.8 Å². The van der Waals surface area contributed by atoms with Crippen molar-refractivity contribution in [2.75, 3.05) is 6.54 Å². The fourth-order valence-electron chi connectivity index (χ4n) is 1.53. The largest absolute Gasteiger partial charge is 0.354 e. The molecule has 82 valence electrons. The SMILES string of the molecule is CC(C)C(C)C(=O)NCC1(N)CCC1. The molecular weight excluding hydrogens is 176 g/mol. The molecule has 1 unspecified atom stereocenters. The second-order valence-electron chi connectivity index (χ2n) is 4.97. The third-order valence-corrected chi connectivity index (χ3v) is 3.38. The van der Waals surface area contributed by atoms with Gasteiger partial charge in [-0.2, -0.15) is 0 Å². The Labute approximate surface area is 86.4 Å². The minimum Gasteiger partial charge on any atom is -0.354 e. The third kappa shape index (κ3) is 2.71. The zero-order valence-corrected chi connectivity index (χ0v) is 9.47. The molecule has 1 rings (SSSR count). The van der Waals surface area contributed by atoms with Gasteiger partial charge in [0.25, 0.3) is 0 Å². The summed E-state index contributed by atoms with van der Waals surface area (Å²) >= 11 is 0. The van der Waals surface area contributed by atoms with E-state index in [1.807, 2.05) is 6.92 Å². The number of rotatable bonds is 4. The maximum Gasteiger partial charge on any atom is 0.223 e. The number of hydrogen-bond acceptors (Lipinski definition) is 2. The average molecular weight is 198 g/mol. The summed E-state index contributed by atoms with van der Waals surface area (Å²) in [4.78, 5) is 11.6. The lowest BCUT2D eigenvalue weighted by molar-refractivity contribution is -0.126. The monoisotopic (exact) mass is 198 g/mol. The van der Waals surface area contributed by atoms with Crippen LogP contribution in [0.2, 0.25) is 0 Å². The second-order valence-corrected chi connectivity index (χ2v) is 4.97. The topological polar surface area (TPSA) is 55.1 Å². The minimum absolute atomic E-state index is 0.0821. The fraction of sp³-hybridized carbons (Fsp3) is 0.909. The van der Waals surface area contributed by atoms with Gasteiger partial charge < -0.3 is 11.1 Å². The molecule has 1 atom stereocenters. The van der Waals surface area contributed by atoms with Gasteiger partial charge in [0.15, 0.2) is 0 Å². The Kier molecular flexibility index (Phi) is 3.53. The van der Waals surface area contributed by atoms with E-state index in [9.17, 15) is 4.79 Å². The molecular formula is C11H22N2O. The van der Waals surface area contributed by atoms with Crippen LogP contribution in [0.1, 0.15) is 40.0 Å². The number of amides is 1. The molecule has 0 aliphatic heterocycles. The summed E-state index contributed by atoms with van der Waals surface area (Å²) in [5.74, 6) is 0.612. The van der Waals surface area contributed by atoms with E-state index in [4.69, 9.17) is 5.73 Å². The van der Waals surface area contributed by atoms with Crippen LogP contribution in [0.5, 0.6) is 0 Å². The van der Waals surface area contributed by atoms with Gasteiger partial charge in [-0.05, 0) is 25.2 Å². The zero-order chi connectivity index (χ0) is 10.8. The summed E-state index contributed by atoms with van der Waals surface area (Å²) in [6, 6.07) is 0. The van der Waals surface area contributed by atoms with Crippen LogP contribution in [-0.4, -0.2) is 18.0 Å². The Morgan fingerprint density at radius 3 is 2.36 bits per heavy atom. The van der Waals surface area contributed by atoms with E-state index in [0.29, 0.717) is 12.5 Å². The first-order valence-electron chi connectivity index (χ1n) is 5.51. The van der Waals surface area contributed by atoms with Gasteiger partial charge in [-0.15, -0.1) is 0 Å². The van der Waals surface area contributed by atoms with Crippen molar-refractivity contribution in [2.45, 2.75) is 45.6 Å². The highest BCUT2D eigenvalue weighted by molar-refractivity contribution is 5.78. The van der Waals surface area contributed by atoms with Crippen molar-refractivity contribution in [3.8, 4) is 0 Å². The van der Waals surface area contributed by atoms with Crippen LogP contribution < -0.4 is 11.1 Å². The number of hydrogen-bond donors (Lipinski definition) is 2. The molecule has 0 aromatic heterocycles. The first-order chi connectivity index (χ1) is 6.44. The Balaban J connectivity index is 2.27. The van der Waals surface area contributed by atoms with Crippen molar-refractivity contribution in [1.29, 1.82) is 0 Å². The summed E-state index contributed by atoms with van der Waals surface area (Å²) in [6.07, 6.45) is 3.29. The van der Waals surface area contributed by atoms with Crippen molar-refractivity contribution in [2.24, 2.45) is 17.6 Å². The van der Waals surface area contributed by atoms with Crippen LogP contribution in [0, 0.1) is 11.8 Å². The van der Waals surface area contributed by atoms with E-state index in [1.165, 1.54) is 6.42 Å². The number of carbonyl (C=O) groups excluding carboxylic acids is 1. The van der Waals surface area contributed by atoms with E-state index in [-0.39, 0.29) is 17.4 Å². The first-order valence-corrected chi connectivity index (χ1v) is 5.51. The molecule has 1 aliphatic carbocycles. The molecule has 1 amide bonds. The molecule has 0 bridgehead atoms. The lowest BCUT2D eigenvalue weighted by Gasteiger charge is -2.38. The molecule has 1 fully saturated rings. The molecule has 0 radical (unpaired) electrons. The Morgan fingerprint density at radius 1 is 1.43 bits per heavy atom. The Hall–Kier alpha value is -0.570. The van der Waals surface area contributed by atoms with Crippen molar-refractivity contribution in [3.63, 3.8) is 0 Å². The molecule has 1 aliphatic rings. The van der Waals surface area contributed by atoms with Gasteiger partial charge in [0.05, 0.1) is 0 Å². The molecule has 0 aromatic rings. The lowest BCUT2D eigenvalue weighted by Crippen LogP contribution is -2.55. The molecule has 1 saturated carbocycles. The highest BCUT2D eigenvalue weighted by Crippen LogP contribution is 2.28. The highest BCUT2D eigenvalue weighted by atomic mass is 16.1. The predicted molar refractivity (Wildman–Crippen MR) is 57.8 cm³/mol. The smallest absolute Gasteiger partial charge is 0.223 e. The van der Waals surface area contributed by atoms with E-state index >= 15 is 0 Å². The van der Waals surface area contributed by atoms with Gasteiger partial charge in [0, 0.05) is 18.0 Å².